The summed E-state index contributed by atoms with van der Waals surface area (Å²) in [5.41, 5.74) is -0.0547. The maximum Gasteiger partial charge on any atom is 0.293 e. The molecular formula is C13H22N4O. The molecule has 0 saturated carbocycles. The number of hydrogen-bond acceptors (Lipinski definition) is 4. The van der Waals surface area contributed by atoms with Gasteiger partial charge < -0.3 is 14.8 Å². The van der Waals surface area contributed by atoms with Crippen LogP contribution in [-0.2, 0) is 7.05 Å². The molecule has 5 heteroatoms. The van der Waals surface area contributed by atoms with Crippen molar-refractivity contribution in [2.75, 3.05) is 32.0 Å². The van der Waals surface area contributed by atoms with Crippen LogP contribution in [0.3, 0.4) is 0 Å². The summed E-state index contributed by atoms with van der Waals surface area (Å²) in [6.07, 6.45) is 6.97. The van der Waals surface area contributed by atoms with E-state index in [9.17, 15) is 4.79 Å². The van der Waals surface area contributed by atoms with Gasteiger partial charge in [-0.25, -0.2) is 4.98 Å². The van der Waals surface area contributed by atoms with Gasteiger partial charge in [0.05, 0.1) is 0 Å². The summed E-state index contributed by atoms with van der Waals surface area (Å²) in [5, 5.41) is 3.15. The number of rotatable bonds is 4. The SMILES string of the molecule is CN1CCC(CCNc2nccn(C)c2=O)CC1. The molecule has 2 heterocycles. The van der Waals surface area contributed by atoms with Crippen molar-refractivity contribution in [3.05, 3.63) is 22.7 Å². The first-order valence-corrected chi connectivity index (χ1v) is 6.61. The quantitative estimate of drug-likeness (QED) is 0.863. The van der Waals surface area contributed by atoms with Crippen LogP contribution in [0, 0.1) is 5.92 Å². The van der Waals surface area contributed by atoms with Crippen molar-refractivity contribution < 1.29 is 0 Å². The number of piperidine rings is 1. The minimum Gasteiger partial charge on any atom is -0.365 e. The molecule has 2 rings (SSSR count). The second kappa shape index (κ2) is 6.00. The number of aryl methyl sites for hydroxylation is 1. The summed E-state index contributed by atoms with van der Waals surface area (Å²) < 4.78 is 1.55. The minimum absolute atomic E-state index is 0.0547. The van der Waals surface area contributed by atoms with E-state index in [0.29, 0.717) is 5.82 Å². The van der Waals surface area contributed by atoms with Gasteiger partial charge in [-0.1, -0.05) is 0 Å². The van der Waals surface area contributed by atoms with E-state index in [1.807, 2.05) is 0 Å². The summed E-state index contributed by atoms with van der Waals surface area (Å²) in [4.78, 5) is 18.2. The molecular weight excluding hydrogens is 228 g/mol. The molecule has 0 spiro atoms. The van der Waals surface area contributed by atoms with Gasteiger partial charge in [-0.3, -0.25) is 4.79 Å². The van der Waals surface area contributed by atoms with Crippen molar-refractivity contribution in [2.45, 2.75) is 19.3 Å². The summed E-state index contributed by atoms with van der Waals surface area (Å²) >= 11 is 0. The highest BCUT2D eigenvalue weighted by atomic mass is 16.1. The maximum absolute atomic E-state index is 11.7. The van der Waals surface area contributed by atoms with Crippen molar-refractivity contribution in [2.24, 2.45) is 13.0 Å². The summed E-state index contributed by atoms with van der Waals surface area (Å²) in [6.45, 7) is 3.21. The molecule has 100 valence electrons. The van der Waals surface area contributed by atoms with Crippen LogP contribution in [0.4, 0.5) is 5.82 Å². The maximum atomic E-state index is 11.7. The van der Waals surface area contributed by atoms with Gasteiger partial charge in [-0.15, -0.1) is 0 Å². The van der Waals surface area contributed by atoms with Gasteiger partial charge in [0, 0.05) is 26.0 Å². The lowest BCUT2D eigenvalue weighted by Crippen LogP contribution is -2.31. The van der Waals surface area contributed by atoms with Crippen molar-refractivity contribution in [3.8, 4) is 0 Å². The average Bonchev–Trinajstić information content (AvgIpc) is 2.37. The average molecular weight is 250 g/mol. The smallest absolute Gasteiger partial charge is 0.293 e. The molecule has 5 nitrogen and oxygen atoms in total. The minimum atomic E-state index is -0.0547. The number of anilines is 1. The Morgan fingerprint density at radius 2 is 2.11 bits per heavy atom. The van der Waals surface area contributed by atoms with E-state index in [-0.39, 0.29) is 5.56 Å². The molecule has 1 aliphatic rings. The standard InChI is InChI=1S/C13H22N4O/c1-16-8-4-11(5-9-16)3-6-14-12-13(18)17(2)10-7-15-12/h7,10-11H,3-6,8-9H2,1-2H3,(H,14,15). The largest absolute Gasteiger partial charge is 0.365 e. The second-order valence-electron chi connectivity index (χ2n) is 5.15. The van der Waals surface area contributed by atoms with Gasteiger partial charge in [0.1, 0.15) is 0 Å². The highest BCUT2D eigenvalue weighted by molar-refractivity contribution is 5.30. The Hall–Kier alpha value is -1.36. The first-order chi connectivity index (χ1) is 8.66. The van der Waals surface area contributed by atoms with Crippen LogP contribution in [-0.4, -0.2) is 41.1 Å². The van der Waals surface area contributed by atoms with Crippen molar-refractivity contribution in [3.63, 3.8) is 0 Å². The van der Waals surface area contributed by atoms with Gasteiger partial charge in [0.15, 0.2) is 5.82 Å². The Morgan fingerprint density at radius 3 is 2.83 bits per heavy atom. The predicted octanol–water partition coefficient (Wildman–Crippen LogP) is 0.924. The molecule has 0 aliphatic carbocycles. The van der Waals surface area contributed by atoms with E-state index < -0.39 is 0 Å². The molecule has 1 aromatic rings. The summed E-state index contributed by atoms with van der Waals surface area (Å²) in [5.74, 6) is 1.24. The number of nitrogens with one attached hydrogen (secondary N) is 1. The van der Waals surface area contributed by atoms with Gasteiger partial charge in [0.25, 0.3) is 5.56 Å². The van der Waals surface area contributed by atoms with Crippen LogP contribution in [0.2, 0.25) is 0 Å². The normalized spacial score (nSPS) is 17.9. The molecule has 0 aromatic carbocycles. The van der Waals surface area contributed by atoms with Gasteiger partial charge in [-0.2, -0.15) is 0 Å². The van der Waals surface area contributed by atoms with Crippen molar-refractivity contribution in [1.82, 2.24) is 14.5 Å². The molecule has 1 aromatic heterocycles. The van der Waals surface area contributed by atoms with Gasteiger partial charge >= 0.3 is 0 Å². The number of likely N-dealkylation sites (tertiary alicyclic amines) is 1. The topological polar surface area (TPSA) is 50.2 Å². The molecule has 0 amide bonds. The first-order valence-electron chi connectivity index (χ1n) is 6.61. The van der Waals surface area contributed by atoms with Crippen LogP contribution in [0.1, 0.15) is 19.3 Å². The van der Waals surface area contributed by atoms with Crippen LogP contribution in [0.5, 0.6) is 0 Å². The van der Waals surface area contributed by atoms with Crippen LogP contribution in [0.15, 0.2) is 17.2 Å². The fourth-order valence-corrected chi connectivity index (χ4v) is 2.36. The monoisotopic (exact) mass is 250 g/mol. The lowest BCUT2D eigenvalue weighted by atomic mass is 9.94. The van der Waals surface area contributed by atoms with Gasteiger partial charge in [0.2, 0.25) is 0 Å². The molecule has 1 fully saturated rings. The number of aromatic nitrogens is 2. The third-order valence-electron chi connectivity index (χ3n) is 3.70. The third-order valence-corrected chi connectivity index (χ3v) is 3.70. The van der Waals surface area contributed by atoms with Gasteiger partial charge in [-0.05, 0) is 45.3 Å². The lowest BCUT2D eigenvalue weighted by molar-refractivity contribution is 0.215. The Kier molecular flexibility index (Phi) is 4.36. The first kappa shape index (κ1) is 13.1. The molecule has 1 aliphatic heterocycles. The molecule has 0 unspecified atom stereocenters. The van der Waals surface area contributed by atoms with E-state index in [1.54, 1.807) is 24.0 Å². The van der Waals surface area contributed by atoms with Crippen molar-refractivity contribution >= 4 is 5.82 Å². The third kappa shape index (κ3) is 3.32. The molecule has 0 bridgehead atoms. The van der Waals surface area contributed by atoms with E-state index in [0.717, 1.165) is 18.9 Å². The Morgan fingerprint density at radius 1 is 1.39 bits per heavy atom. The lowest BCUT2D eigenvalue weighted by Gasteiger charge is -2.28. The molecule has 0 radical (unpaired) electrons. The molecule has 1 N–H and O–H groups in total. The Labute approximate surface area is 108 Å². The van der Waals surface area contributed by atoms with E-state index >= 15 is 0 Å². The van der Waals surface area contributed by atoms with Crippen LogP contribution >= 0.6 is 0 Å². The van der Waals surface area contributed by atoms with E-state index in [2.05, 4.69) is 22.2 Å². The Balaban J connectivity index is 1.78. The zero-order chi connectivity index (χ0) is 13.0. The highest BCUT2D eigenvalue weighted by Crippen LogP contribution is 2.19. The zero-order valence-corrected chi connectivity index (χ0v) is 11.2. The number of hydrogen-bond donors (Lipinski definition) is 1. The predicted molar refractivity (Wildman–Crippen MR) is 72.8 cm³/mol. The van der Waals surface area contributed by atoms with E-state index in [4.69, 9.17) is 0 Å². The molecule has 18 heavy (non-hydrogen) atoms. The summed E-state index contributed by atoms with van der Waals surface area (Å²) in [6, 6.07) is 0. The summed E-state index contributed by atoms with van der Waals surface area (Å²) in [7, 11) is 3.91. The second-order valence-corrected chi connectivity index (χ2v) is 5.15. The Bertz CT molecular complexity index is 435. The molecule has 0 atom stereocenters. The fourth-order valence-electron chi connectivity index (χ4n) is 2.36. The van der Waals surface area contributed by atoms with Crippen molar-refractivity contribution in [1.29, 1.82) is 0 Å². The van der Waals surface area contributed by atoms with Crippen LogP contribution in [0.25, 0.3) is 0 Å². The zero-order valence-electron chi connectivity index (χ0n) is 11.2. The molecule has 1 saturated heterocycles. The number of nitrogens with zero attached hydrogens (tertiary/aromatic N) is 3. The van der Waals surface area contributed by atoms with E-state index in [1.165, 1.54) is 25.9 Å². The van der Waals surface area contributed by atoms with Crippen LogP contribution < -0.4 is 10.9 Å². The fraction of sp³-hybridized carbons (Fsp3) is 0.692. The highest BCUT2D eigenvalue weighted by Gasteiger charge is 2.16.